The lowest BCUT2D eigenvalue weighted by Gasteiger charge is -2.28. The van der Waals surface area contributed by atoms with Crippen LogP contribution in [0.3, 0.4) is 0 Å². The minimum Gasteiger partial charge on any atom is -0.444 e. The summed E-state index contributed by atoms with van der Waals surface area (Å²) >= 11 is 0. The lowest BCUT2D eigenvalue weighted by atomic mass is 10.2. The topological polar surface area (TPSA) is 96.7 Å². The van der Waals surface area contributed by atoms with Gasteiger partial charge in [0.15, 0.2) is 5.96 Å². The van der Waals surface area contributed by atoms with E-state index in [4.69, 9.17) is 4.74 Å². The lowest BCUT2D eigenvalue weighted by Crippen LogP contribution is -2.43. The van der Waals surface area contributed by atoms with Gasteiger partial charge in [0.2, 0.25) is 0 Å². The minimum absolute atomic E-state index is 0.0505. The molecule has 1 aromatic rings. The van der Waals surface area contributed by atoms with Gasteiger partial charge in [-0.25, -0.2) is 4.79 Å². The first-order valence-corrected chi connectivity index (χ1v) is 9.45. The zero-order valence-corrected chi connectivity index (χ0v) is 17.7. The Morgan fingerprint density at radius 2 is 2.04 bits per heavy atom. The fraction of sp³-hybridized carbons (Fsp3) is 0.778. The molecule has 9 heteroatoms. The maximum atomic E-state index is 12.1. The largest absolute Gasteiger partial charge is 0.444 e. The first-order chi connectivity index (χ1) is 12.7. The molecule has 0 fully saturated rings. The molecule has 1 aromatic heterocycles. The van der Waals surface area contributed by atoms with E-state index in [0.717, 1.165) is 37.7 Å². The Morgan fingerprint density at radius 1 is 1.37 bits per heavy atom. The Bertz CT molecular complexity index is 607. The SMILES string of the molecule is CCc1nncn1CCNC(=NC)NCCC(C)N(C)C(=O)OC(C)(C)C. The van der Waals surface area contributed by atoms with Gasteiger partial charge in [0.1, 0.15) is 17.8 Å². The van der Waals surface area contributed by atoms with Crippen molar-refractivity contribution in [2.24, 2.45) is 4.99 Å². The molecule has 27 heavy (non-hydrogen) atoms. The van der Waals surface area contributed by atoms with Crippen LogP contribution in [0.1, 0.15) is 46.9 Å². The van der Waals surface area contributed by atoms with Gasteiger partial charge in [-0.1, -0.05) is 6.92 Å². The summed E-state index contributed by atoms with van der Waals surface area (Å²) in [6.07, 6.45) is 3.07. The van der Waals surface area contributed by atoms with Gasteiger partial charge < -0.3 is 24.8 Å². The fourth-order valence-corrected chi connectivity index (χ4v) is 2.36. The maximum Gasteiger partial charge on any atom is 0.410 e. The summed E-state index contributed by atoms with van der Waals surface area (Å²) in [5.41, 5.74) is -0.488. The van der Waals surface area contributed by atoms with E-state index in [9.17, 15) is 4.79 Å². The highest BCUT2D eigenvalue weighted by Crippen LogP contribution is 2.11. The molecule has 1 amide bonds. The van der Waals surface area contributed by atoms with Crippen LogP contribution in [0.15, 0.2) is 11.3 Å². The normalized spacial score (nSPS) is 13.2. The second kappa shape index (κ2) is 10.7. The zero-order chi connectivity index (χ0) is 20.4. The number of carbonyl (C=O) groups is 1. The average Bonchev–Trinajstić information content (AvgIpc) is 3.05. The second-order valence-corrected chi connectivity index (χ2v) is 7.45. The molecule has 1 rings (SSSR count). The quantitative estimate of drug-likeness (QED) is 0.525. The average molecular weight is 382 g/mol. The van der Waals surface area contributed by atoms with Gasteiger partial charge >= 0.3 is 6.09 Å². The van der Waals surface area contributed by atoms with E-state index < -0.39 is 5.60 Å². The van der Waals surface area contributed by atoms with Crippen molar-refractivity contribution in [2.45, 2.75) is 65.6 Å². The van der Waals surface area contributed by atoms with E-state index in [0.29, 0.717) is 6.54 Å². The van der Waals surface area contributed by atoms with Crippen LogP contribution in [0.2, 0.25) is 0 Å². The van der Waals surface area contributed by atoms with Crippen LogP contribution in [0.5, 0.6) is 0 Å². The molecule has 0 saturated heterocycles. The number of hydrogen-bond acceptors (Lipinski definition) is 5. The van der Waals surface area contributed by atoms with Crippen LogP contribution in [0.25, 0.3) is 0 Å². The van der Waals surface area contributed by atoms with Crippen molar-refractivity contribution in [1.29, 1.82) is 0 Å². The van der Waals surface area contributed by atoms with Crippen LogP contribution in [0, 0.1) is 0 Å². The standard InChI is InChI=1S/C18H35N7O2/c1-8-15-23-22-13-25(15)12-11-21-16(19-6)20-10-9-14(2)24(7)17(26)27-18(3,4)5/h13-14H,8-12H2,1-7H3,(H2,19,20,21). The van der Waals surface area contributed by atoms with Crippen molar-refractivity contribution in [3.05, 3.63) is 12.2 Å². The molecular weight excluding hydrogens is 346 g/mol. The highest BCUT2D eigenvalue weighted by molar-refractivity contribution is 5.79. The first-order valence-electron chi connectivity index (χ1n) is 9.45. The molecule has 154 valence electrons. The van der Waals surface area contributed by atoms with Crippen LogP contribution < -0.4 is 10.6 Å². The number of aliphatic imine (C=N–C) groups is 1. The van der Waals surface area contributed by atoms with Gasteiger partial charge in [-0.3, -0.25) is 4.99 Å². The molecule has 0 aromatic carbocycles. The molecule has 0 bridgehead atoms. The van der Waals surface area contributed by atoms with Crippen molar-refractivity contribution < 1.29 is 9.53 Å². The third-order valence-corrected chi connectivity index (χ3v) is 4.08. The molecule has 1 heterocycles. The van der Waals surface area contributed by atoms with E-state index in [2.05, 4.69) is 32.7 Å². The van der Waals surface area contributed by atoms with E-state index in [1.807, 2.05) is 32.3 Å². The minimum atomic E-state index is -0.488. The molecule has 0 aliphatic rings. The summed E-state index contributed by atoms with van der Waals surface area (Å²) in [6.45, 7) is 11.8. The Hall–Kier alpha value is -2.32. The number of aryl methyl sites for hydroxylation is 1. The van der Waals surface area contributed by atoms with Crippen molar-refractivity contribution >= 4 is 12.1 Å². The van der Waals surface area contributed by atoms with Crippen molar-refractivity contribution in [3.63, 3.8) is 0 Å². The van der Waals surface area contributed by atoms with Crippen molar-refractivity contribution in [2.75, 3.05) is 27.2 Å². The predicted octanol–water partition coefficient (Wildman–Crippen LogP) is 1.65. The first kappa shape index (κ1) is 22.7. The van der Waals surface area contributed by atoms with Gasteiger partial charge in [-0.05, 0) is 34.1 Å². The number of aromatic nitrogens is 3. The van der Waals surface area contributed by atoms with Crippen LogP contribution in [-0.2, 0) is 17.7 Å². The summed E-state index contributed by atoms with van der Waals surface area (Å²) in [5.74, 6) is 1.70. The van der Waals surface area contributed by atoms with Gasteiger partial charge in [0.05, 0.1) is 0 Å². The number of rotatable bonds is 8. The van der Waals surface area contributed by atoms with Gasteiger partial charge in [0.25, 0.3) is 0 Å². The Labute approximate surface area is 162 Å². The van der Waals surface area contributed by atoms with Gasteiger partial charge in [-0.2, -0.15) is 0 Å². The van der Waals surface area contributed by atoms with Crippen molar-refractivity contribution in [3.8, 4) is 0 Å². The molecule has 0 spiro atoms. The second-order valence-electron chi connectivity index (χ2n) is 7.45. The molecule has 0 radical (unpaired) electrons. The third-order valence-electron chi connectivity index (χ3n) is 4.08. The number of ether oxygens (including phenoxy) is 1. The Balaban J connectivity index is 2.32. The third kappa shape index (κ3) is 8.27. The van der Waals surface area contributed by atoms with E-state index in [-0.39, 0.29) is 12.1 Å². The smallest absolute Gasteiger partial charge is 0.410 e. The van der Waals surface area contributed by atoms with Crippen molar-refractivity contribution in [1.82, 2.24) is 30.3 Å². The molecule has 9 nitrogen and oxygen atoms in total. The fourth-order valence-electron chi connectivity index (χ4n) is 2.36. The maximum absolute atomic E-state index is 12.1. The summed E-state index contributed by atoms with van der Waals surface area (Å²) in [4.78, 5) is 17.9. The summed E-state index contributed by atoms with van der Waals surface area (Å²) < 4.78 is 7.42. The number of carbonyl (C=O) groups excluding carboxylic acids is 1. The number of nitrogens with one attached hydrogen (secondary N) is 2. The number of guanidine groups is 1. The molecule has 0 aliphatic carbocycles. The van der Waals surface area contributed by atoms with Gasteiger partial charge in [-0.15, -0.1) is 10.2 Å². The van der Waals surface area contributed by atoms with Crippen LogP contribution >= 0.6 is 0 Å². The van der Waals surface area contributed by atoms with Crippen LogP contribution in [0.4, 0.5) is 4.79 Å². The van der Waals surface area contributed by atoms with E-state index in [1.165, 1.54) is 0 Å². The molecule has 2 N–H and O–H groups in total. The number of hydrogen-bond donors (Lipinski definition) is 2. The van der Waals surface area contributed by atoms with E-state index in [1.54, 1.807) is 25.3 Å². The molecule has 0 saturated carbocycles. The lowest BCUT2D eigenvalue weighted by molar-refractivity contribution is 0.0230. The Kier molecular flexibility index (Phi) is 9.04. The number of amides is 1. The molecule has 1 unspecified atom stereocenters. The molecule has 0 aliphatic heterocycles. The summed E-state index contributed by atoms with van der Waals surface area (Å²) in [6, 6.07) is 0.0505. The molecular formula is C18H35N7O2. The Morgan fingerprint density at radius 3 is 2.63 bits per heavy atom. The van der Waals surface area contributed by atoms with Gasteiger partial charge in [0, 0.05) is 46.2 Å². The highest BCUT2D eigenvalue weighted by Gasteiger charge is 2.22. The van der Waals surface area contributed by atoms with E-state index >= 15 is 0 Å². The predicted molar refractivity (Wildman–Crippen MR) is 107 cm³/mol. The highest BCUT2D eigenvalue weighted by atomic mass is 16.6. The molecule has 1 atom stereocenters. The monoisotopic (exact) mass is 381 g/mol. The van der Waals surface area contributed by atoms with Crippen LogP contribution in [-0.4, -0.2) is 70.5 Å². The summed E-state index contributed by atoms with van der Waals surface area (Å²) in [5, 5.41) is 14.5. The number of nitrogens with zero attached hydrogens (tertiary/aromatic N) is 5. The summed E-state index contributed by atoms with van der Waals surface area (Å²) in [7, 11) is 3.50. The zero-order valence-electron chi connectivity index (χ0n) is 17.7.